The maximum atomic E-state index is 6.23. The van der Waals surface area contributed by atoms with Crippen molar-refractivity contribution in [3.63, 3.8) is 0 Å². The van der Waals surface area contributed by atoms with Crippen molar-refractivity contribution in [1.29, 1.82) is 0 Å². The number of aromatic nitrogens is 2. The monoisotopic (exact) mass is 223 g/mol. The number of nitrogens with zero attached hydrogens (tertiary/aromatic N) is 2. The largest absolute Gasteiger partial charge is 0.381 e. The summed E-state index contributed by atoms with van der Waals surface area (Å²) in [6.45, 7) is 4.80. The lowest BCUT2D eigenvalue weighted by molar-refractivity contribution is 0.0446. The highest BCUT2D eigenvalue weighted by Gasteiger charge is 2.22. The van der Waals surface area contributed by atoms with Gasteiger partial charge in [-0.3, -0.25) is 0 Å². The molecule has 0 radical (unpaired) electrons. The van der Waals surface area contributed by atoms with E-state index >= 15 is 0 Å². The zero-order chi connectivity index (χ0) is 11.4. The molecule has 0 spiro atoms. The number of imidazole rings is 1. The second-order valence-corrected chi connectivity index (χ2v) is 4.47. The molecule has 0 saturated carbocycles. The van der Waals surface area contributed by atoms with Crippen LogP contribution in [0.5, 0.6) is 0 Å². The van der Waals surface area contributed by atoms with E-state index in [1.54, 1.807) is 0 Å². The Bertz CT molecular complexity index is 318. The third kappa shape index (κ3) is 2.62. The van der Waals surface area contributed by atoms with Gasteiger partial charge in [0.05, 0.1) is 6.61 Å². The lowest BCUT2D eigenvalue weighted by Crippen LogP contribution is -2.38. The van der Waals surface area contributed by atoms with Gasteiger partial charge in [0.2, 0.25) is 0 Å². The number of hydrogen-bond acceptors (Lipinski definition) is 3. The summed E-state index contributed by atoms with van der Waals surface area (Å²) < 4.78 is 7.63. The number of nitrogens with two attached hydrogens (primary N) is 1. The molecule has 0 bridgehead atoms. The van der Waals surface area contributed by atoms with E-state index in [9.17, 15) is 0 Å². The topological polar surface area (TPSA) is 53.1 Å². The van der Waals surface area contributed by atoms with Gasteiger partial charge in [0, 0.05) is 38.0 Å². The molecule has 2 unspecified atom stereocenters. The lowest BCUT2D eigenvalue weighted by Gasteiger charge is -2.27. The van der Waals surface area contributed by atoms with Crippen molar-refractivity contribution in [3.05, 3.63) is 18.2 Å². The molecule has 2 atom stereocenters. The van der Waals surface area contributed by atoms with Crippen LogP contribution in [0.25, 0.3) is 0 Å². The van der Waals surface area contributed by atoms with E-state index in [2.05, 4.69) is 16.5 Å². The van der Waals surface area contributed by atoms with E-state index in [1.165, 1.54) is 6.42 Å². The van der Waals surface area contributed by atoms with E-state index in [0.29, 0.717) is 5.92 Å². The first-order chi connectivity index (χ1) is 7.81. The smallest absolute Gasteiger partial charge is 0.110 e. The van der Waals surface area contributed by atoms with Crippen LogP contribution in [0.3, 0.4) is 0 Å². The van der Waals surface area contributed by atoms with Crippen LogP contribution in [0.1, 0.15) is 25.6 Å². The maximum Gasteiger partial charge on any atom is 0.110 e. The van der Waals surface area contributed by atoms with E-state index < -0.39 is 0 Å². The molecule has 4 heteroatoms. The van der Waals surface area contributed by atoms with Crippen LogP contribution in [0.2, 0.25) is 0 Å². The number of hydrogen-bond donors (Lipinski definition) is 1. The molecule has 2 heterocycles. The summed E-state index contributed by atoms with van der Waals surface area (Å²) in [4.78, 5) is 4.36. The molecule has 1 aromatic rings. The summed E-state index contributed by atoms with van der Waals surface area (Å²) in [5.74, 6) is 1.59. The summed E-state index contributed by atoms with van der Waals surface area (Å²) in [5, 5.41) is 0. The van der Waals surface area contributed by atoms with Crippen molar-refractivity contribution in [2.75, 3.05) is 13.2 Å². The van der Waals surface area contributed by atoms with Gasteiger partial charge in [-0.05, 0) is 25.7 Å². The molecular weight excluding hydrogens is 202 g/mol. The predicted molar refractivity (Wildman–Crippen MR) is 63.1 cm³/mol. The van der Waals surface area contributed by atoms with Gasteiger partial charge in [0.15, 0.2) is 0 Å². The van der Waals surface area contributed by atoms with Crippen LogP contribution < -0.4 is 5.73 Å². The summed E-state index contributed by atoms with van der Waals surface area (Å²) in [6, 6.07) is 0.174. The Morgan fingerprint density at radius 2 is 2.56 bits per heavy atom. The van der Waals surface area contributed by atoms with E-state index in [1.807, 2.05) is 12.4 Å². The summed E-state index contributed by atoms with van der Waals surface area (Å²) in [7, 11) is 0. The fourth-order valence-electron chi connectivity index (χ4n) is 2.30. The van der Waals surface area contributed by atoms with Gasteiger partial charge in [0.25, 0.3) is 0 Å². The molecule has 1 fully saturated rings. The molecule has 90 valence electrons. The molecule has 16 heavy (non-hydrogen) atoms. The van der Waals surface area contributed by atoms with Gasteiger partial charge in [-0.25, -0.2) is 4.98 Å². The van der Waals surface area contributed by atoms with Crippen molar-refractivity contribution >= 4 is 0 Å². The highest BCUT2D eigenvalue weighted by Crippen LogP contribution is 2.18. The molecule has 1 aliphatic rings. The first-order valence-electron chi connectivity index (χ1n) is 6.14. The lowest BCUT2D eigenvalue weighted by atomic mass is 9.92. The third-order valence-corrected chi connectivity index (χ3v) is 3.36. The molecular formula is C12H21N3O. The Kier molecular flexibility index (Phi) is 3.96. The Hall–Kier alpha value is -0.870. The van der Waals surface area contributed by atoms with Gasteiger partial charge in [0.1, 0.15) is 5.82 Å². The Labute approximate surface area is 96.8 Å². The standard InChI is InChI=1S/C12H21N3O/c1-2-15-6-5-14-12(15)8-11(13)10-4-3-7-16-9-10/h5-6,10-11H,2-4,7-9,13H2,1H3. The SMILES string of the molecule is CCn1ccnc1CC(N)C1CCCOC1. The third-order valence-electron chi connectivity index (χ3n) is 3.36. The van der Waals surface area contributed by atoms with Crippen molar-refractivity contribution in [2.45, 2.75) is 38.8 Å². The quantitative estimate of drug-likeness (QED) is 0.834. The first-order valence-corrected chi connectivity index (χ1v) is 6.14. The molecule has 1 saturated heterocycles. The van der Waals surface area contributed by atoms with Gasteiger partial charge in [-0.1, -0.05) is 0 Å². The van der Waals surface area contributed by atoms with Crippen LogP contribution in [0, 0.1) is 5.92 Å². The predicted octanol–water partition coefficient (Wildman–Crippen LogP) is 1.20. The van der Waals surface area contributed by atoms with Crippen molar-refractivity contribution in [3.8, 4) is 0 Å². The Morgan fingerprint density at radius 3 is 3.25 bits per heavy atom. The zero-order valence-corrected chi connectivity index (χ0v) is 9.93. The molecule has 1 aliphatic heterocycles. The molecule has 2 rings (SSSR count). The minimum absolute atomic E-state index is 0.174. The van der Waals surface area contributed by atoms with Crippen LogP contribution in [-0.2, 0) is 17.7 Å². The van der Waals surface area contributed by atoms with Gasteiger partial charge in [-0.15, -0.1) is 0 Å². The van der Waals surface area contributed by atoms with Crippen LogP contribution in [-0.4, -0.2) is 28.8 Å². The molecule has 0 amide bonds. The highest BCUT2D eigenvalue weighted by molar-refractivity contribution is 4.96. The van der Waals surface area contributed by atoms with Crippen LogP contribution in [0.4, 0.5) is 0 Å². The van der Waals surface area contributed by atoms with Crippen molar-refractivity contribution in [2.24, 2.45) is 11.7 Å². The second kappa shape index (κ2) is 5.46. The van der Waals surface area contributed by atoms with Gasteiger partial charge >= 0.3 is 0 Å². The molecule has 1 aromatic heterocycles. The van der Waals surface area contributed by atoms with Crippen molar-refractivity contribution in [1.82, 2.24) is 9.55 Å². The van der Waals surface area contributed by atoms with Crippen LogP contribution in [0.15, 0.2) is 12.4 Å². The summed E-state index contributed by atoms with van der Waals surface area (Å²) >= 11 is 0. The number of ether oxygens (including phenoxy) is 1. The average Bonchev–Trinajstić information content (AvgIpc) is 2.77. The molecule has 0 aliphatic carbocycles. The number of rotatable bonds is 4. The highest BCUT2D eigenvalue weighted by atomic mass is 16.5. The normalized spacial score (nSPS) is 23.2. The number of aryl methyl sites for hydroxylation is 1. The fourth-order valence-corrected chi connectivity index (χ4v) is 2.30. The van der Waals surface area contributed by atoms with Gasteiger partial charge < -0.3 is 15.0 Å². The minimum Gasteiger partial charge on any atom is -0.381 e. The van der Waals surface area contributed by atoms with Gasteiger partial charge in [-0.2, -0.15) is 0 Å². The maximum absolute atomic E-state index is 6.23. The molecule has 0 aromatic carbocycles. The fraction of sp³-hybridized carbons (Fsp3) is 0.750. The molecule has 4 nitrogen and oxygen atoms in total. The summed E-state index contributed by atoms with van der Waals surface area (Å²) in [5.41, 5.74) is 6.23. The molecule has 2 N–H and O–H groups in total. The average molecular weight is 223 g/mol. The second-order valence-electron chi connectivity index (χ2n) is 4.47. The van der Waals surface area contributed by atoms with Crippen molar-refractivity contribution < 1.29 is 4.74 Å². The minimum atomic E-state index is 0.174. The Balaban J connectivity index is 1.93. The Morgan fingerprint density at radius 1 is 1.69 bits per heavy atom. The van der Waals surface area contributed by atoms with Crippen LogP contribution >= 0.6 is 0 Å². The van der Waals surface area contributed by atoms with E-state index in [0.717, 1.165) is 38.4 Å². The van der Waals surface area contributed by atoms with E-state index in [-0.39, 0.29) is 6.04 Å². The first kappa shape index (κ1) is 11.6. The van der Waals surface area contributed by atoms with E-state index in [4.69, 9.17) is 10.5 Å². The summed E-state index contributed by atoms with van der Waals surface area (Å²) in [6.07, 6.45) is 7.05. The zero-order valence-electron chi connectivity index (χ0n) is 9.93.